The molecule has 5 nitrogen and oxygen atoms in total. The lowest BCUT2D eigenvalue weighted by molar-refractivity contribution is -0.136. The van der Waals surface area contributed by atoms with Gasteiger partial charge in [-0.2, -0.15) is 0 Å². The number of nitrogens with one attached hydrogen (secondary N) is 2. The summed E-state index contributed by atoms with van der Waals surface area (Å²) in [6.07, 6.45) is 0.858. The molecule has 0 atom stereocenters. The van der Waals surface area contributed by atoms with Crippen molar-refractivity contribution in [3.8, 4) is 0 Å². The first-order chi connectivity index (χ1) is 9.50. The van der Waals surface area contributed by atoms with Crippen molar-refractivity contribution in [2.45, 2.75) is 33.3 Å². The van der Waals surface area contributed by atoms with Crippen LogP contribution in [-0.2, 0) is 14.3 Å². The molecule has 0 heterocycles. The molecule has 5 heteroatoms. The summed E-state index contributed by atoms with van der Waals surface area (Å²) in [7, 11) is 0. The van der Waals surface area contributed by atoms with Crippen molar-refractivity contribution >= 4 is 17.5 Å². The Bertz CT molecular complexity index is 458. The van der Waals surface area contributed by atoms with Crippen LogP contribution in [0.1, 0.15) is 25.8 Å². The highest BCUT2D eigenvalue weighted by molar-refractivity contribution is 6.39. The topological polar surface area (TPSA) is 67.4 Å². The number of aryl methyl sites for hydroxylation is 1. The van der Waals surface area contributed by atoms with Crippen molar-refractivity contribution < 1.29 is 14.3 Å². The molecular weight excluding hydrogens is 256 g/mol. The molecule has 1 aromatic carbocycles. The van der Waals surface area contributed by atoms with E-state index in [1.165, 1.54) is 0 Å². The monoisotopic (exact) mass is 278 g/mol. The van der Waals surface area contributed by atoms with E-state index in [1.807, 2.05) is 39.0 Å². The molecule has 2 N–H and O–H groups in total. The van der Waals surface area contributed by atoms with E-state index in [0.717, 1.165) is 5.56 Å². The van der Waals surface area contributed by atoms with Crippen molar-refractivity contribution in [1.82, 2.24) is 5.32 Å². The van der Waals surface area contributed by atoms with Crippen LogP contribution in [0.2, 0.25) is 0 Å². The van der Waals surface area contributed by atoms with Crippen LogP contribution in [0.4, 0.5) is 5.69 Å². The van der Waals surface area contributed by atoms with E-state index in [-0.39, 0.29) is 6.10 Å². The predicted molar refractivity (Wildman–Crippen MR) is 78.5 cm³/mol. The third kappa shape index (κ3) is 5.84. The van der Waals surface area contributed by atoms with Gasteiger partial charge in [-0.25, -0.2) is 0 Å². The van der Waals surface area contributed by atoms with Crippen molar-refractivity contribution in [2.24, 2.45) is 0 Å². The molecule has 20 heavy (non-hydrogen) atoms. The first-order valence-corrected chi connectivity index (χ1v) is 6.77. The van der Waals surface area contributed by atoms with Crippen LogP contribution in [-0.4, -0.2) is 31.1 Å². The largest absolute Gasteiger partial charge is 0.379 e. The maximum atomic E-state index is 11.7. The van der Waals surface area contributed by atoms with Gasteiger partial charge in [0.25, 0.3) is 0 Å². The second-order valence-corrected chi connectivity index (χ2v) is 4.80. The third-order valence-electron chi connectivity index (χ3n) is 2.66. The van der Waals surface area contributed by atoms with Crippen molar-refractivity contribution in [3.63, 3.8) is 0 Å². The number of carbonyl (C=O) groups excluding carboxylic acids is 2. The minimum atomic E-state index is -0.649. The molecule has 1 aromatic rings. The Morgan fingerprint density at radius 2 is 1.90 bits per heavy atom. The summed E-state index contributed by atoms with van der Waals surface area (Å²) in [5.41, 5.74) is 1.56. The molecule has 0 fully saturated rings. The zero-order valence-electron chi connectivity index (χ0n) is 12.2. The molecule has 0 bridgehead atoms. The lowest BCUT2D eigenvalue weighted by Crippen LogP contribution is -2.36. The Kier molecular flexibility index (Phi) is 6.73. The molecule has 2 amide bonds. The minimum absolute atomic E-state index is 0.176. The quantitative estimate of drug-likeness (QED) is 0.616. The van der Waals surface area contributed by atoms with Crippen LogP contribution in [0.5, 0.6) is 0 Å². The second-order valence-electron chi connectivity index (χ2n) is 4.80. The highest BCUT2D eigenvalue weighted by Gasteiger charge is 2.13. The molecule has 0 saturated carbocycles. The summed E-state index contributed by atoms with van der Waals surface area (Å²) >= 11 is 0. The number of carbonyl (C=O) groups is 2. The summed E-state index contributed by atoms with van der Waals surface area (Å²) in [6.45, 7) is 6.77. The average Bonchev–Trinajstić information content (AvgIpc) is 2.40. The number of anilines is 1. The summed E-state index contributed by atoms with van der Waals surface area (Å²) < 4.78 is 5.34. The van der Waals surface area contributed by atoms with E-state index in [4.69, 9.17) is 4.74 Å². The molecule has 0 radical (unpaired) electrons. The van der Waals surface area contributed by atoms with Gasteiger partial charge >= 0.3 is 11.8 Å². The Hall–Kier alpha value is -1.88. The van der Waals surface area contributed by atoms with Crippen molar-refractivity contribution in [2.75, 3.05) is 18.5 Å². The average molecular weight is 278 g/mol. The van der Waals surface area contributed by atoms with E-state index in [0.29, 0.717) is 25.3 Å². The SMILES string of the molecule is Cc1ccccc1NC(=O)C(=O)NCCCOC(C)C. The molecule has 0 unspecified atom stereocenters. The number of rotatable bonds is 6. The summed E-state index contributed by atoms with van der Waals surface area (Å²) in [5, 5.41) is 5.15. The lowest BCUT2D eigenvalue weighted by Gasteiger charge is -2.09. The maximum absolute atomic E-state index is 11.7. The van der Waals surface area contributed by atoms with Crippen LogP contribution < -0.4 is 10.6 Å². The molecular formula is C15H22N2O3. The molecule has 0 saturated heterocycles. The van der Waals surface area contributed by atoms with E-state index in [1.54, 1.807) is 6.07 Å². The van der Waals surface area contributed by atoms with E-state index in [2.05, 4.69) is 10.6 Å². The van der Waals surface area contributed by atoms with Crippen molar-refractivity contribution in [1.29, 1.82) is 0 Å². The van der Waals surface area contributed by atoms with Gasteiger partial charge in [0, 0.05) is 18.8 Å². The Labute approximate surface area is 119 Å². The normalized spacial score (nSPS) is 10.4. The molecule has 0 aliphatic heterocycles. The highest BCUT2D eigenvalue weighted by atomic mass is 16.5. The summed E-state index contributed by atoms with van der Waals surface area (Å²) in [6, 6.07) is 7.32. The van der Waals surface area contributed by atoms with E-state index in [9.17, 15) is 9.59 Å². The summed E-state index contributed by atoms with van der Waals surface area (Å²) in [4.78, 5) is 23.3. The fraction of sp³-hybridized carbons (Fsp3) is 0.467. The number of benzene rings is 1. The molecule has 0 aromatic heterocycles. The Morgan fingerprint density at radius 1 is 1.20 bits per heavy atom. The number of hydrogen-bond donors (Lipinski definition) is 2. The van der Waals surface area contributed by atoms with Gasteiger partial charge in [-0.15, -0.1) is 0 Å². The van der Waals surface area contributed by atoms with Gasteiger partial charge in [-0.3, -0.25) is 9.59 Å². The van der Waals surface area contributed by atoms with Crippen LogP contribution in [0.15, 0.2) is 24.3 Å². The molecule has 0 aliphatic rings. The molecule has 0 spiro atoms. The smallest absolute Gasteiger partial charge is 0.313 e. The van der Waals surface area contributed by atoms with Gasteiger partial charge in [0.2, 0.25) is 0 Å². The first-order valence-electron chi connectivity index (χ1n) is 6.77. The molecule has 1 rings (SSSR count). The van der Waals surface area contributed by atoms with Gasteiger partial charge in [0.15, 0.2) is 0 Å². The van der Waals surface area contributed by atoms with Crippen LogP contribution >= 0.6 is 0 Å². The van der Waals surface area contributed by atoms with E-state index < -0.39 is 11.8 Å². The molecule has 0 aliphatic carbocycles. The van der Waals surface area contributed by atoms with Crippen molar-refractivity contribution in [3.05, 3.63) is 29.8 Å². The zero-order chi connectivity index (χ0) is 15.0. The van der Waals surface area contributed by atoms with E-state index >= 15 is 0 Å². The standard InChI is InChI=1S/C15H22N2O3/c1-11(2)20-10-6-9-16-14(18)15(19)17-13-8-5-4-7-12(13)3/h4-5,7-8,11H,6,9-10H2,1-3H3,(H,16,18)(H,17,19). The second kappa shape index (κ2) is 8.32. The molecule has 110 valence electrons. The number of ether oxygens (including phenoxy) is 1. The van der Waals surface area contributed by atoms with Crippen LogP contribution in [0.25, 0.3) is 0 Å². The Morgan fingerprint density at radius 3 is 2.55 bits per heavy atom. The lowest BCUT2D eigenvalue weighted by atomic mass is 10.2. The van der Waals surface area contributed by atoms with Gasteiger partial charge in [-0.1, -0.05) is 18.2 Å². The van der Waals surface area contributed by atoms with Crippen LogP contribution in [0, 0.1) is 6.92 Å². The number of amides is 2. The third-order valence-corrected chi connectivity index (χ3v) is 2.66. The number of para-hydroxylation sites is 1. The fourth-order valence-electron chi connectivity index (χ4n) is 1.57. The predicted octanol–water partition coefficient (Wildman–Crippen LogP) is 1.86. The maximum Gasteiger partial charge on any atom is 0.313 e. The summed E-state index contributed by atoms with van der Waals surface area (Å²) in [5.74, 6) is -1.28. The number of hydrogen-bond acceptors (Lipinski definition) is 3. The van der Waals surface area contributed by atoms with Gasteiger partial charge in [0.05, 0.1) is 6.10 Å². The van der Waals surface area contributed by atoms with Crippen LogP contribution in [0.3, 0.4) is 0 Å². The Balaban J connectivity index is 2.30. The van der Waals surface area contributed by atoms with Gasteiger partial charge in [0.1, 0.15) is 0 Å². The van der Waals surface area contributed by atoms with Gasteiger partial charge < -0.3 is 15.4 Å². The van der Waals surface area contributed by atoms with Gasteiger partial charge in [-0.05, 0) is 38.8 Å². The zero-order valence-corrected chi connectivity index (χ0v) is 12.2. The minimum Gasteiger partial charge on any atom is -0.379 e. The fourth-order valence-corrected chi connectivity index (χ4v) is 1.57. The highest BCUT2D eigenvalue weighted by Crippen LogP contribution is 2.12. The first kappa shape index (κ1) is 16.2.